The smallest absolute Gasteiger partial charge is 0.276 e. The molecule has 0 bridgehead atoms. The number of nitrogens with two attached hydrogens (primary N) is 1. The van der Waals surface area contributed by atoms with Crippen molar-refractivity contribution in [3.63, 3.8) is 0 Å². The van der Waals surface area contributed by atoms with E-state index in [-0.39, 0.29) is 5.91 Å². The summed E-state index contributed by atoms with van der Waals surface area (Å²) < 4.78 is 0. The van der Waals surface area contributed by atoms with Gasteiger partial charge in [-0.25, -0.2) is 4.98 Å². The Hall–Kier alpha value is -2.47. The Morgan fingerprint density at radius 2 is 2.20 bits per heavy atom. The maximum atomic E-state index is 12.3. The van der Waals surface area contributed by atoms with Crippen LogP contribution in [0.1, 0.15) is 16.1 Å². The van der Waals surface area contributed by atoms with Gasteiger partial charge >= 0.3 is 0 Å². The zero-order valence-corrected chi connectivity index (χ0v) is 11.6. The summed E-state index contributed by atoms with van der Waals surface area (Å²) in [6, 6.07) is 5.49. The van der Waals surface area contributed by atoms with Crippen molar-refractivity contribution in [1.29, 1.82) is 0 Å². The molecule has 2 heterocycles. The fourth-order valence-corrected chi connectivity index (χ4v) is 2.65. The van der Waals surface area contributed by atoms with Crippen molar-refractivity contribution in [2.24, 2.45) is 0 Å². The number of hydrogen-bond donors (Lipinski definition) is 2. The Kier molecular flexibility index (Phi) is 3.08. The van der Waals surface area contributed by atoms with Crippen molar-refractivity contribution >= 4 is 38.8 Å². The molecule has 0 saturated carbocycles. The highest BCUT2D eigenvalue weighted by Gasteiger charge is 2.15. The third-order valence-electron chi connectivity index (χ3n) is 3.00. The van der Waals surface area contributed by atoms with E-state index in [1.54, 1.807) is 17.8 Å². The van der Waals surface area contributed by atoms with E-state index < -0.39 is 0 Å². The Morgan fingerprint density at radius 1 is 1.35 bits per heavy atom. The van der Waals surface area contributed by atoms with Gasteiger partial charge in [0.05, 0.1) is 0 Å². The highest BCUT2D eigenvalue weighted by Crippen LogP contribution is 2.26. The summed E-state index contributed by atoms with van der Waals surface area (Å²) in [5.74, 6) is -0.282. The zero-order chi connectivity index (χ0) is 14.1. The number of benzene rings is 1. The summed E-state index contributed by atoms with van der Waals surface area (Å²) in [4.78, 5) is 20.6. The van der Waals surface area contributed by atoms with Gasteiger partial charge in [-0.2, -0.15) is 0 Å². The number of pyridine rings is 1. The number of hydrogen-bond acceptors (Lipinski definition) is 5. The highest BCUT2D eigenvalue weighted by atomic mass is 32.1. The van der Waals surface area contributed by atoms with Crippen LogP contribution in [0.5, 0.6) is 0 Å². The summed E-state index contributed by atoms with van der Waals surface area (Å²) in [6.45, 7) is 1.92. The van der Waals surface area contributed by atoms with Crippen LogP contribution in [-0.2, 0) is 0 Å². The van der Waals surface area contributed by atoms with Crippen molar-refractivity contribution in [1.82, 2.24) is 9.97 Å². The Bertz CT molecular complexity index is 775. The first-order valence-electron chi connectivity index (χ1n) is 6.01. The van der Waals surface area contributed by atoms with E-state index in [1.165, 1.54) is 11.3 Å². The predicted octanol–water partition coefficient (Wildman–Crippen LogP) is 2.83. The van der Waals surface area contributed by atoms with Crippen LogP contribution < -0.4 is 11.1 Å². The minimum Gasteiger partial charge on any atom is -0.398 e. The van der Waals surface area contributed by atoms with E-state index in [0.29, 0.717) is 16.5 Å². The van der Waals surface area contributed by atoms with Crippen LogP contribution in [0.2, 0.25) is 0 Å². The topological polar surface area (TPSA) is 80.9 Å². The van der Waals surface area contributed by atoms with Crippen molar-refractivity contribution in [2.45, 2.75) is 6.92 Å². The second kappa shape index (κ2) is 4.90. The molecule has 20 heavy (non-hydrogen) atoms. The quantitative estimate of drug-likeness (QED) is 0.709. The van der Waals surface area contributed by atoms with E-state index >= 15 is 0 Å². The zero-order valence-electron chi connectivity index (χ0n) is 10.8. The van der Waals surface area contributed by atoms with Crippen molar-refractivity contribution in [3.05, 3.63) is 47.2 Å². The summed E-state index contributed by atoms with van der Waals surface area (Å²) >= 11 is 1.36. The number of thiazole rings is 1. The second-order valence-electron chi connectivity index (χ2n) is 4.35. The summed E-state index contributed by atoms with van der Waals surface area (Å²) in [5.41, 5.74) is 7.94. The Morgan fingerprint density at radius 3 is 2.95 bits per heavy atom. The molecule has 0 aliphatic rings. The molecule has 0 aliphatic heterocycles. The molecule has 0 radical (unpaired) electrons. The molecule has 2 aromatic heterocycles. The third kappa shape index (κ3) is 2.10. The first-order chi connectivity index (χ1) is 9.66. The molecule has 5 nitrogen and oxygen atoms in total. The molecular formula is C14H12N4OS. The number of anilines is 2. The number of nitrogens with zero attached hydrogens (tertiary/aromatic N) is 2. The van der Waals surface area contributed by atoms with Crippen LogP contribution in [0.25, 0.3) is 10.8 Å². The largest absolute Gasteiger partial charge is 0.398 e. The van der Waals surface area contributed by atoms with Crippen molar-refractivity contribution in [2.75, 3.05) is 11.1 Å². The molecule has 1 aromatic carbocycles. The summed E-state index contributed by atoms with van der Waals surface area (Å²) in [5, 5.41) is 6.70. The second-order valence-corrected chi connectivity index (χ2v) is 5.25. The minimum absolute atomic E-state index is 0.282. The number of aryl methyl sites for hydroxylation is 1. The molecule has 0 atom stereocenters. The van der Waals surface area contributed by atoms with Crippen LogP contribution in [0.4, 0.5) is 10.8 Å². The highest BCUT2D eigenvalue weighted by molar-refractivity contribution is 7.13. The fraction of sp³-hybridized carbons (Fsp3) is 0.0714. The van der Waals surface area contributed by atoms with Crippen molar-refractivity contribution < 1.29 is 4.79 Å². The number of rotatable bonds is 2. The first-order valence-corrected chi connectivity index (χ1v) is 6.89. The van der Waals surface area contributed by atoms with E-state index in [1.807, 2.05) is 25.1 Å². The van der Waals surface area contributed by atoms with Gasteiger partial charge in [0.1, 0.15) is 5.69 Å². The normalized spacial score (nSPS) is 10.7. The lowest BCUT2D eigenvalue weighted by molar-refractivity contribution is 0.102. The van der Waals surface area contributed by atoms with Gasteiger partial charge in [0, 0.05) is 34.2 Å². The van der Waals surface area contributed by atoms with Crippen LogP contribution >= 0.6 is 11.3 Å². The monoisotopic (exact) mass is 284 g/mol. The lowest BCUT2D eigenvalue weighted by Crippen LogP contribution is -2.14. The van der Waals surface area contributed by atoms with Gasteiger partial charge in [-0.3, -0.25) is 15.1 Å². The van der Waals surface area contributed by atoms with Crippen LogP contribution in [0, 0.1) is 6.92 Å². The molecule has 3 rings (SSSR count). The maximum Gasteiger partial charge on any atom is 0.276 e. The summed E-state index contributed by atoms with van der Waals surface area (Å²) in [6.07, 6.45) is 3.30. The molecular weight excluding hydrogens is 272 g/mol. The average molecular weight is 284 g/mol. The van der Waals surface area contributed by atoms with Gasteiger partial charge in [-0.05, 0) is 18.6 Å². The molecule has 3 N–H and O–H groups in total. The molecule has 0 aliphatic carbocycles. The van der Waals surface area contributed by atoms with Crippen LogP contribution in [0.15, 0.2) is 36.0 Å². The number of amides is 1. The first kappa shape index (κ1) is 12.6. The van der Waals surface area contributed by atoms with Gasteiger partial charge in [0.15, 0.2) is 5.13 Å². The fourth-order valence-electron chi connectivity index (χ4n) is 2.13. The number of nitrogen functional groups attached to an aromatic ring is 1. The Labute approximate surface area is 119 Å². The van der Waals surface area contributed by atoms with Gasteiger partial charge in [0.2, 0.25) is 0 Å². The SMILES string of the molecule is Cc1cnc(C(=O)Nc2nccs2)c2cccc(N)c12. The Balaban J connectivity index is 2.10. The lowest BCUT2D eigenvalue weighted by atomic mass is 10.0. The molecule has 100 valence electrons. The van der Waals surface area contributed by atoms with Gasteiger partial charge in [0.25, 0.3) is 5.91 Å². The molecule has 1 amide bonds. The van der Waals surface area contributed by atoms with Gasteiger partial charge in [-0.15, -0.1) is 11.3 Å². The molecule has 3 aromatic rings. The third-order valence-corrected chi connectivity index (χ3v) is 3.69. The van der Waals surface area contributed by atoms with E-state index in [9.17, 15) is 4.79 Å². The lowest BCUT2D eigenvalue weighted by Gasteiger charge is -2.09. The number of carbonyl (C=O) groups excluding carboxylic acids is 1. The van der Waals surface area contributed by atoms with Gasteiger partial charge < -0.3 is 5.73 Å². The maximum absolute atomic E-state index is 12.3. The van der Waals surface area contributed by atoms with Gasteiger partial charge in [-0.1, -0.05) is 12.1 Å². The van der Waals surface area contributed by atoms with Crippen LogP contribution in [0.3, 0.4) is 0 Å². The molecule has 0 spiro atoms. The van der Waals surface area contributed by atoms with Crippen LogP contribution in [-0.4, -0.2) is 15.9 Å². The summed E-state index contributed by atoms with van der Waals surface area (Å²) in [7, 11) is 0. The molecule has 0 saturated heterocycles. The van der Waals surface area contributed by atoms with E-state index in [2.05, 4.69) is 15.3 Å². The van der Waals surface area contributed by atoms with E-state index in [0.717, 1.165) is 16.3 Å². The number of fused-ring (bicyclic) bond motifs is 1. The standard InChI is InChI=1S/C14H12N4OS/c1-8-7-17-12(9-3-2-4-10(15)11(8)9)13(19)18-14-16-5-6-20-14/h2-7H,15H2,1H3,(H,16,18,19). The molecule has 6 heteroatoms. The number of aromatic nitrogens is 2. The predicted molar refractivity (Wildman–Crippen MR) is 81.0 cm³/mol. The number of nitrogens with one attached hydrogen (secondary N) is 1. The van der Waals surface area contributed by atoms with Crippen molar-refractivity contribution in [3.8, 4) is 0 Å². The van der Waals surface area contributed by atoms with E-state index in [4.69, 9.17) is 5.73 Å². The average Bonchev–Trinajstić information content (AvgIpc) is 2.92. The number of carbonyl (C=O) groups is 1. The molecule has 0 fully saturated rings. The molecule has 0 unspecified atom stereocenters. The minimum atomic E-state index is -0.282.